The standard InChI is InChI=1S/C19H29N3O5/c1-7-19(8-2,12-20-17(24)27-18(4,5)6)21-16(23)14-9-10-15(22(25)26)13(3)11-14/h9-11H,7-8,12H2,1-6H3,(H,20,24)(H,21,23). The van der Waals surface area contributed by atoms with Crippen LogP contribution in [-0.4, -0.2) is 34.6 Å². The summed E-state index contributed by atoms with van der Waals surface area (Å²) in [5.74, 6) is -0.345. The van der Waals surface area contributed by atoms with Crippen molar-refractivity contribution in [1.82, 2.24) is 10.6 Å². The zero-order valence-electron chi connectivity index (χ0n) is 16.8. The van der Waals surface area contributed by atoms with Crippen molar-refractivity contribution in [2.45, 2.75) is 65.5 Å². The number of ether oxygens (including phenoxy) is 1. The summed E-state index contributed by atoms with van der Waals surface area (Å²) >= 11 is 0. The summed E-state index contributed by atoms with van der Waals surface area (Å²) in [6.07, 6.45) is 0.641. The Kier molecular flexibility index (Phi) is 7.33. The summed E-state index contributed by atoms with van der Waals surface area (Å²) in [6, 6.07) is 4.24. The number of amides is 2. The summed E-state index contributed by atoms with van der Waals surface area (Å²) in [6.45, 7) is 11.0. The number of hydrogen-bond acceptors (Lipinski definition) is 5. The molecule has 150 valence electrons. The van der Waals surface area contributed by atoms with Crippen LogP contribution < -0.4 is 10.6 Å². The maximum Gasteiger partial charge on any atom is 0.407 e. The van der Waals surface area contributed by atoms with Crippen molar-refractivity contribution >= 4 is 17.7 Å². The SMILES string of the molecule is CCC(CC)(CNC(=O)OC(C)(C)C)NC(=O)c1ccc([N+](=O)[O-])c(C)c1. The second-order valence-corrected chi connectivity index (χ2v) is 7.56. The number of alkyl carbamates (subject to hydrolysis) is 1. The van der Waals surface area contributed by atoms with E-state index in [0.29, 0.717) is 24.0 Å². The van der Waals surface area contributed by atoms with Gasteiger partial charge in [-0.2, -0.15) is 0 Å². The maximum atomic E-state index is 12.7. The first-order valence-corrected chi connectivity index (χ1v) is 8.97. The number of hydrogen-bond donors (Lipinski definition) is 2. The van der Waals surface area contributed by atoms with E-state index in [2.05, 4.69) is 10.6 Å². The molecule has 2 amide bonds. The predicted octanol–water partition coefficient (Wildman–Crippen LogP) is 3.72. The van der Waals surface area contributed by atoms with Crippen molar-refractivity contribution in [3.8, 4) is 0 Å². The number of nitro groups is 1. The van der Waals surface area contributed by atoms with E-state index >= 15 is 0 Å². The van der Waals surface area contributed by atoms with E-state index in [1.54, 1.807) is 27.7 Å². The number of aryl methyl sites for hydroxylation is 1. The van der Waals surface area contributed by atoms with Gasteiger partial charge in [0.25, 0.3) is 11.6 Å². The number of carbonyl (C=O) groups is 2. The first kappa shape index (κ1) is 22.4. The van der Waals surface area contributed by atoms with E-state index in [4.69, 9.17) is 4.74 Å². The average Bonchev–Trinajstić information content (AvgIpc) is 2.56. The Hall–Kier alpha value is -2.64. The number of nitrogens with zero attached hydrogens (tertiary/aromatic N) is 1. The monoisotopic (exact) mass is 379 g/mol. The molecule has 0 spiro atoms. The molecule has 0 radical (unpaired) electrons. The number of rotatable bonds is 7. The fourth-order valence-electron chi connectivity index (χ4n) is 2.59. The highest BCUT2D eigenvalue weighted by Crippen LogP contribution is 2.21. The Balaban J connectivity index is 2.89. The van der Waals surface area contributed by atoms with Crippen LogP contribution in [0.4, 0.5) is 10.5 Å². The molecule has 0 aromatic heterocycles. The molecule has 1 aromatic rings. The van der Waals surface area contributed by atoms with E-state index in [-0.39, 0.29) is 18.1 Å². The van der Waals surface area contributed by atoms with Gasteiger partial charge < -0.3 is 15.4 Å². The van der Waals surface area contributed by atoms with Crippen molar-refractivity contribution in [3.63, 3.8) is 0 Å². The van der Waals surface area contributed by atoms with Gasteiger partial charge in [0.2, 0.25) is 0 Å². The van der Waals surface area contributed by atoms with Gasteiger partial charge in [-0.15, -0.1) is 0 Å². The lowest BCUT2D eigenvalue weighted by molar-refractivity contribution is -0.385. The fourth-order valence-corrected chi connectivity index (χ4v) is 2.59. The van der Waals surface area contributed by atoms with E-state index in [1.165, 1.54) is 18.2 Å². The Morgan fingerprint density at radius 2 is 1.78 bits per heavy atom. The van der Waals surface area contributed by atoms with E-state index in [1.807, 2.05) is 13.8 Å². The molecule has 1 rings (SSSR count). The molecule has 2 N–H and O–H groups in total. The van der Waals surface area contributed by atoms with Gasteiger partial charge in [-0.05, 0) is 52.7 Å². The van der Waals surface area contributed by atoms with Gasteiger partial charge in [0, 0.05) is 23.7 Å². The second kappa shape index (κ2) is 8.83. The maximum absolute atomic E-state index is 12.7. The van der Waals surface area contributed by atoms with Crippen LogP contribution in [0.2, 0.25) is 0 Å². The van der Waals surface area contributed by atoms with Crippen LogP contribution in [0.5, 0.6) is 0 Å². The first-order chi connectivity index (χ1) is 12.4. The van der Waals surface area contributed by atoms with Gasteiger partial charge in [-0.3, -0.25) is 14.9 Å². The number of nitro benzene ring substituents is 1. The van der Waals surface area contributed by atoms with Gasteiger partial charge in [0.15, 0.2) is 0 Å². The number of nitrogens with one attached hydrogen (secondary N) is 2. The molecular formula is C19H29N3O5. The van der Waals surface area contributed by atoms with Gasteiger partial charge >= 0.3 is 6.09 Å². The van der Waals surface area contributed by atoms with Crippen LogP contribution in [0.3, 0.4) is 0 Å². The molecule has 0 aliphatic carbocycles. The minimum absolute atomic E-state index is 0.0320. The molecule has 0 saturated heterocycles. The smallest absolute Gasteiger partial charge is 0.407 e. The molecule has 8 heteroatoms. The zero-order valence-corrected chi connectivity index (χ0v) is 16.8. The third kappa shape index (κ3) is 6.54. The fraction of sp³-hybridized carbons (Fsp3) is 0.579. The third-order valence-electron chi connectivity index (χ3n) is 4.36. The molecule has 1 aromatic carbocycles. The van der Waals surface area contributed by atoms with Crippen molar-refractivity contribution in [2.75, 3.05) is 6.54 Å². The minimum atomic E-state index is -0.649. The molecule has 0 aliphatic rings. The van der Waals surface area contributed by atoms with Crippen LogP contribution in [0, 0.1) is 17.0 Å². The van der Waals surface area contributed by atoms with Crippen LogP contribution in [0.15, 0.2) is 18.2 Å². The van der Waals surface area contributed by atoms with Crippen molar-refractivity contribution in [2.24, 2.45) is 0 Å². The molecule has 8 nitrogen and oxygen atoms in total. The quantitative estimate of drug-likeness (QED) is 0.554. The van der Waals surface area contributed by atoms with Crippen LogP contribution in [0.1, 0.15) is 63.4 Å². The molecule has 0 aliphatic heterocycles. The van der Waals surface area contributed by atoms with E-state index < -0.39 is 22.2 Å². The predicted molar refractivity (Wildman–Crippen MR) is 103 cm³/mol. The van der Waals surface area contributed by atoms with Crippen LogP contribution in [-0.2, 0) is 4.74 Å². The Morgan fingerprint density at radius 3 is 2.22 bits per heavy atom. The lowest BCUT2D eigenvalue weighted by Gasteiger charge is -2.33. The number of carbonyl (C=O) groups excluding carboxylic acids is 2. The molecule has 0 heterocycles. The van der Waals surface area contributed by atoms with Crippen molar-refractivity contribution < 1.29 is 19.2 Å². The topological polar surface area (TPSA) is 111 Å². The largest absolute Gasteiger partial charge is 0.444 e. The normalized spacial score (nSPS) is 11.6. The molecular weight excluding hydrogens is 350 g/mol. The van der Waals surface area contributed by atoms with E-state index in [0.717, 1.165) is 0 Å². The zero-order chi connectivity index (χ0) is 20.8. The van der Waals surface area contributed by atoms with E-state index in [9.17, 15) is 19.7 Å². The summed E-state index contributed by atoms with van der Waals surface area (Å²) in [4.78, 5) is 35.0. The molecule has 0 unspecified atom stereocenters. The Bertz CT molecular complexity index is 706. The van der Waals surface area contributed by atoms with Gasteiger partial charge in [0.1, 0.15) is 5.60 Å². The molecule has 0 fully saturated rings. The first-order valence-electron chi connectivity index (χ1n) is 8.97. The molecule has 0 atom stereocenters. The van der Waals surface area contributed by atoms with Crippen molar-refractivity contribution in [3.05, 3.63) is 39.4 Å². The number of benzene rings is 1. The average molecular weight is 379 g/mol. The lowest BCUT2D eigenvalue weighted by Crippen LogP contribution is -2.55. The summed E-state index contributed by atoms with van der Waals surface area (Å²) in [5, 5.41) is 16.6. The summed E-state index contributed by atoms with van der Waals surface area (Å²) in [5.41, 5.74) is -0.538. The van der Waals surface area contributed by atoms with Crippen LogP contribution in [0.25, 0.3) is 0 Å². The second-order valence-electron chi connectivity index (χ2n) is 7.56. The van der Waals surface area contributed by atoms with Gasteiger partial charge in [-0.25, -0.2) is 4.79 Å². The highest BCUT2D eigenvalue weighted by atomic mass is 16.6. The Labute approximate surface area is 159 Å². The van der Waals surface area contributed by atoms with Gasteiger partial charge in [-0.1, -0.05) is 13.8 Å². The third-order valence-corrected chi connectivity index (χ3v) is 4.36. The molecule has 0 saturated carbocycles. The van der Waals surface area contributed by atoms with Gasteiger partial charge in [0.05, 0.1) is 10.5 Å². The highest BCUT2D eigenvalue weighted by Gasteiger charge is 2.30. The van der Waals surface area contributed by atoms with Crippen molar-refractivity contribution in [1.29, 1.82) is 0 Å². The summed E-state index contributed by atoms with van der Waals surface area (Å²) < 4.78 is 5.24. The molecule has 27 heavy (non-hydrogen) atoms. The lowest BCUT2D eigenvalue weighted by atomic mass is 9.92. The summed E-state index contributed by atoms with van der Waals surface area (Å²) in [7, 11) is 0. The van der Waals surface area contributed by atoms with Crippen LogP contribution >= 0.6 is 0 Å². The Morgan fingerprint density at radius 1 is 1.19 bits per heavy atom. The highest BCUT2D eigenvalue weighted by molar-refractivity contribution is 5.95. The minimum Gasteiger partial charge on any atom is -0.444 e. The molecule has 0 bridgehead atoms.